The maximum atomic E-state index is 13.2. The van der Waals surface area contributed by atoms with Crippen molar-refractivity contribution in [2.75, 3.05) is 43.4 Å². The maximum absolute atomic E-state index is 13.2. The van der Waals surface area contributed by atoms with Gasteiger partial charge in [0, 0.05) is 24.3 Å². The number of nitrogens with zero attached hydrogens (tertiary/aromatic N) is 3. The molecule has 1 atom stereocenters. The number of hydrogen-bond donors (Lipinski definition) is 2. The molecular weight excluding hydrogens is 467 g/mol. The first-order valence-electron chi connectivity index (χ1n) is 12.6. The molecule has 1 aromatic heterocycles. The molecule has 2 aromatic rings. The van der Waals surface area contributed by atoms with Crippen LogP contribution in [0.2, 0.25) is 0 Å². The zero-order valence-electron chi connectivity index (χ0n) is 20.4. The van der Waals surface area contributed by atoms with Crippen molar-refractivity contribution >= 4 is 29.7 Å². The third-order valence-corrected chi connectivity index (χ3v) is 7.71. The molecule has 9 heteroatoms. The molecule has 0 bridgehead atoms. The first-order valence-corrected chi connectivity index (χ1v) is 12.6. The number of aldehydes is 1. The van der Waals surface area contributed by atoms with Crippen LogP contribution in [0.25, 0.3) is 6.08 Å². The van der Waals surface area contributed by atoms with Gasteiger partial charge in [-0.25, -0.2) is 4.98 Å². The minimum Gasteiger partial charge on any atom is -0.378 e. The number of likely N-dealkylation sites (tertiary alicyclic amines) is 1. The molecule has 2 N–H and O–H groups in total. The van der Waals surface area contributed by atoms with Gasteiger partial charge in [0.1, 0.15) is 24.0 Å². The highest BCUT2D eigenvalue weighted by atomic mass is 19.4. The molecule has 1 unspecified atom stereocenters. The van der Waals surface area contributed by atoms with E-state index < -0.39 is 18.1 Å². The van der Waals surface area contributed by atoms with Gasteiger partial charge in [0.15, 0.2) is 0 Å². The van der Waals surface area contributed by atoms with Gasteiger partial charge in [0.2, 0.25) is 0 Å². The minimum atomic E-state index is -4.16. The Morgan fingerprint density at radius 3 is 2.39 bits per heavy atom. The molecule has 5 rings (SSSR count). The second kappa shape index (κ2) is 10.1. The average molecular weight is 500 g/mol. The first-order chi connectivity index (χ1) is 17.3. The summed E-state index contributed by atoms with van der Waals surface area (Å²) in [6.45, 7) is 2.78. The van der Waals surface area contributed by atoms with Gasteiger partial charge in [0.05, 0.1) is 5.92 Å². The number of pyridine rings is 1. The number of carbonyl (C=O) groups excluding carboxylic acids is 1. The third-order valence-electron chi connectivity index (χ3n) is 7.71. The summed E-state index contributed by atoms with van der Waals surface area (Å²) in [6, 6.07) is 9.67. The van der Waals surface area contributed by atoms with Crippen LogP contribution in [-0.4, -0.2) is 55.6 Å². The largest absolute Gasteiger partial charge is 0.391 e. The quantitative estimate of drug-likeness (QED) is 0.550. The molecule has 4 heterocycles. The highest BCUT2D eigenvalue weighted by molar-refractivity contribution is 5.78. The summed E-state index contributed by atoms with van der Waals surface area (Å²) in [6.07, 6.45) is 2.67. The molecule has 192 valence electrons. The predicted molar refractivity (Wildman–Crippen MR) is 135 cm³/mol. The number of piperidine rings is 2. The second-order valence-corrected chi connectivity index (χ2v) is 10.1. The van der Waals surface area contributed by atoms with Crippen LogP contribution in [0.3, 0.4) is 0 Å². The van der Waals surface area contributed by atoms with E-state index in [0.29, 0.717) is 30.6 Å². The van der Waals surface area contributed by atoms with Crippen LogP contribution in [0.1, 0.15) is 54.3 Å². The van der Waals surface area contributed by atoms with Crippen LogP contribution in [0.4, 0.5) is 30.5 Å². The molecule has 0 saturated carbocycles. The Balaban J connectivity index is 1.39. The van der Waals surface area contributed by atoms with Crippen molar-refractivity contribution in [2.45, 2.75) is 43.8 Å². The highest BCUT2D eigenvalue weighted by Crippen LogP contribution is 2.38. The molecule has 3 aliphatic heterocycles. The Morgan fingerprint density at radius 2 is 1.75 bits per heavy atom. The summed E-state index contributed by atoms with van der Waals surface area (Å²) in [5.41, 5.74) is 3.74. The zero-order chi connectivity index (χ0) is 25.3. The molecule has 36 heavy (non-hydrogen) atoms. The van der Waals surface area contributed by atoms with Crippen molar-refractivity contribution in [3.05, 3.63) is 53.2 Å². The van der Waals surface area contributed by atoms with Gasteiger partial charge in [-0.2, -0.15) is 13.2 Å². The number of carbonyl (C=O) groups is 1. The van der Waals surface area contributed by atoms with E-state index >= 15 is 0 Å². The number of anilines is 3. The van der Waals surface area contributed by atoms with Gasteiger partial charge >= 0.3 is 6.18 Å². The van der Waals surface area contributed by atoms with E-state index in [1.165, 1.54) is 5.56 Å². The number of fused-ring (bicyclic) bond motifs is 1. The summed E-state index contributed by atoms with van der Waals surface area (Å²) in [5, 5.41) is 6.44. The first kappa shape index (κ1) is 24.6. The van der Waals surface area contributed by atoms with Crippen molar-refractivity contribution in [3.63, 3.8) is 0 Å². The molecule has 2 fully saturated rings. The molecule has 1 aromatic carbocycles. The summed E-state index contributed by atoms with van der Waals surface area (Å²) in [4.78, 5) is 20.9. The Bertz CT molecular complexity index is 1100. The highest BCUT2D eigenvalue weighted by Gasteiger charge is 2.41. The number of aromatic nitrogens is 1. The molecule has 6 nitrogen and oxygen atoms in total. The smallest absolute Gasteiger partial charge is 0.378 e. The number of hydrogen-bond acceptors (Lipinski definition) is 6. The van der Waals surface area contributed by atoms with Crippen molar-refractivity contribution in [2.24, 2.45) is 5.92 Å². The van der Waals surface area contributed by atoms with E-state index in [9.17, 15) is 18.0 Å². The van der Waals surface area contributed by atoms with Crippen LogP contribution in [0.5, 0.6) is 0 Å². The van der Waals surface area contributed by atoms with Crippen LogP contribution in [0.15, 0.2) is 36.5 Å². The van der Waals surface area contributed by atoms with Gasteiger partial charge < -0.3 is 25.2 Å². The van der Waals surface area contributed by atoms with Crippen molar-refractivity contribution < 1.29 is 18.0 Å². The van der Waals surface area contributed by atoms with Gasteiger partial charge in [-0.15, -0.1) is 0 Å². The molecule has 0 amide bonds. The lowest BCUT2D eigenvalue weighted by atomic mass is 9.89. The Hall–Kier alpha value is -3.07. The molecule has 2 saturated heterocycles. The Morgan fingerprint density at radius 1 is 1.06 bits per heavy atom. The zero-order valence-corrected chi connectivity index (χ0v) is 20.4. The van der Waals surface area contributed by atoms with Crippen molar-refractivity contribution in [1.82, 2.24) is 15.2 Å². The maximum Gasteiger partial charge on any atom is 0.391 e. The summed E-state index contributed by atoms with van der Waals surface area (Å²) in [5.74, 6) is 0.450. The van der Waals surface area contributed by atoms with Gasteiger partial charge in [-0.3, -0.25) is 0 Å². The summed E-state index contributed by atoms with van der Waals surface area (Å²) < 4.78 is 39.5. The van der Waals surface area contributed by atoms with Crippen LogP contribution in [0, 0.1) is 5.92 Å². The monoisotopic (exact) mass is 499 g/mol. The number of alkyl halides is 3. The van der Waals surface area contributed by atoms with Gasteiger partial charge in [-0.05, 0) is 93.3 Å². The standard InChI is InChI=1S/C27H32F3N5O/c1-34-12-7-19(8-13-34)18-2-4-22(5-3-18)32-26-25-20(6-11-31-23(25)17-36)16-24(33-26)35-14-9-21(10-15-35)27(28,29)30/h2-6,11,16-17,19,21,23,31H,7-10,12-15H2,1H3,(H,32,33). The summed E-state index contributed by atoms with van der Waals surface area (Å²) in [7, 11) is 2.15. The van der Waals surface area contributed by atoms with E-state index in [1.54, 1.807) is 6.20 Å². The van der Waals surface area contributed by atoms with E-state index in [4.69, 9.17) is 4.98 Å². The Labute approximate surface area is 209 Å². The summed E-state index contributed by atoms with van der Waals surface area (Å²) >= 11 is 0. The fraction of sp³-hybridized carbons (Fsp3) is 0.481. The molecule has 0 aliphatic carbocycles. The normalized spacial score (nSPS) is 21.7. The van der Waals surface area contributed by atoms with Crippen LogP contribution >= 0.6 is 0 Å². The SMILES string of the molecule is CN1CCC(c2ccc(Nc3nc(N4CCC(C(F)(F)F)CC4)cc4c3C(C=O)NC=C4)cc2)CC1. The van der Waals surface area contributed by atoms with Crippen molar-refractivity contribution in [1.29, 1.82) is 0 Å². The molecule has 0 radical (unpaired) electrons. The van der Waals surface area contributed by atoms with Crippen LogP contribution < -0.4 is 15.5 Å². The lowest BCUT2D eigenvalue weighted by Gasteiger charge is -2.34. The molecule has 0 spiro atoms. The van der Waals surface area contributed by atoms with Gasteiger partial charge in [-0.1, -0.05) is 12.1 Å². The lowest BCUT2D eigenvalue weighted by Crippen LogP contribution is -2.39. The number of rotatable bonds is 5. The van der Waals surface area contributed by atoms with Gasteiger partial charge in [0.25, 0.3) is 0 Å². The fourth-order valence-corrected chi connectivity index (χ4v) is 5.47. The van der Waals surface area contributed by atoms with E-state index in [1.807, 2.05) is 29.2 Å². The lowest BCUT2D eigenvalue weighted by molar-refractivity contribution is -0.179. The fourth-order valence-electron chi connectivity index (χ4n) is 5.47. The number of halogens is 3. The number of nitrogens with one attached hydrogen (secondary N) is 2. The predicted octanol–water partition coefficient (Wildman–Crippen LogP) is 5.23. The minimum absolute atomic E-state index is 0.0534. The van der Waals surface area contributed by atoms with E-state index in [2.05, 4.69) is 34.7 Å². The topological polar surface area (TPSA) is 60.5 Å². The number of benzene rings is 1. The Kier molecular flexibility index (Phi) is 6.92. The average Bonchev–Trinajstić information content (AvgIpc) is 2.88. The van der Waals surface area contributed by atoms with E-state index in [0.717, 1.165) is 49.0 Å². The van der Waals surface area contributed by atoms with E-state index in [-0.39, 0.29) is 12.8 Å². The second-order valence-electron chi connectivity index (χ2n) is 10.1. The molecular formula is C27H32F3N5O. The molecule has 3 aliphatic rings. The van der Waals surface area contributed by atoms with Crippen molar-refractivity contribution in [3.8, 4) is 0 Å². The third kappa shape index (κ3) is 5.21. The van der Waals surface area contributed by atoms with Crippen LogP contribution in [-0.2, 0) is 4.79 Å².